The first-order valence-electron chi connectivity index (χ1n) is 8.20. The van der Waals surface area contributed by atoms with E-state index in [1.165, 1.54) is 12.0 Å². The highest BCUT2D eigenvalue weighted by atomic mass is 16.3. The van der Waals surface area contributed by atoms with Crippen molar-refractivity contribution >= 4 is 11.1 Å². The normalized spacial score (nSPS) is 12.8. The van der Waals surface area contributed by atoms with E-state index in [-0.39, 0.29) is 0 Å². The van der Waals surface area contributed by atoms with Crippen molar-refractivity contribution in [3.05, 3.63) is 30.2 Å². The molecule has 124 valence electrons. The van der Waals surface area contributed by atoms with E-state index in [1.54, 1.807) is 0 Å². The highest BCUT2D eigenvalue weighted by Gasteiger charge is 2.19. The van der Waals surface area contributed by atoms with Crippen molar-refractivity contribution in [3.8, 4) is 0 Å². The first-order chi connectivity index (χ1) is 10.5. The number of hydrogen-bond donors (Lipinski definition) is 2. The fourth-order valence-electron chi connectivity index (χ4n) is 2.76. The standard InChI is InChI=1S/C16H25N3O.C2H6/c1-12(8-16(2,3)10-17-4)18-9-13-5-6-15-14(7-13)19-11-20-15;1-2/h5-7,11-12,17-18H,8-10H2,1-4H3;1-2H3. The first kappa shape index (κ1) is 18.7. The van der Waals surface area contributed by atoms with Crippen LogP contribution in [0.5, 0.6) is 0 Å². The summed E-state index contributed by atoms with van der Waals surface area (Å²) >= 11 is 0. The molecule has 0 amide bonds. The topological polar surface area (TPSA) is 50.1 Å². The minimum Gasteiger partial charge on any atom is -0.443 e. The molecule has 0 aliphatic carbocycles. The number of rotatable bonds is 7. The van der Waals surface area contributed by atoms with Crippen molar-refractivity contribution in [2.45, 2.75) is 53.6 Å². The fourth-order valence-corrected chi connectivity index (χ4v) is 2.76. The van der Waals surface area contributed by atoms with Gasteiger partial charge in [-0.3, -0.25) is 0 Å². The van der Waals surface area contributed by atoms with Crippen molar-refractivity contribution in [2.75, 3.05) is 13.6 Å². The molecule has 22 heavy (non-hydrogen) atoms. The Hall–Kier alpha value is -1.39. The Bertz CT molecular complexity index is 548. The van der Waals surface area contributed by atoms with Gasteiger partial charge in [0.05, 0.1) is 0 Å². The lowest BCUT2D eigenvalue weighted by Crippen LogP contribution is -2.35. The number of oxazole rings is 1. The summed E-state index contributed by atoms with van der Waals surface area (Å²) in [5.74, 6) is 0. The smallest absolute Gasteiger partial charge is 0.181 e. The minimum absolute atomic E-state index is 0.303. The summed E-state index contributed by atoms with van der Waals surface area (Å²) in [6.45, 7) is 12.7. The van der Waals surface area contributed by atoms with Crippen LogP contribution in [0.2, 0.25) is 0 Å². The van der Waals surface area contributed by atoms with Crippen LogP contribution in [0.4, 0.5) is 0 Å². The summed E-state index contributed by atoms with van der Waals surface area (Å²) in [5, 5.41) is 6.84. The van der Waals surface area contributed by atoms with Gasteiger partial charge in [0.1, 0.15) is 5.52 Å². The Morgan fingerprint density at radius 1 is 1.27 bits per heavy atom. The van der Waals surface area contributed by atoms with Crippen LogP contribution in [0.1, 0.15) is 46.6 Å². The number of fused-ring (bicyclic) bond motifs is 1. The van der Waals surface area contributed by atoms with E-state index in [2.05, 4.69) is 48.5 Å². The van der Waals surface area contributed by atoms with Gasteiger partial charge in [0.2, 0.25) is 0 Å². The Kier molecular flexibility index (Phi) is 7.56. The number of aromatic nitrogens is 1. The second-order valence-corrected chi connectivity index (χ2v) is 6.34. The van der Waals surface area contributed by atoms with Gasteiger partial charge < -0.3 is 15.1 Å². The fraction of sp³-hybridized carbons (Fsp3) is 0.611. The number of hydrogen-bond acceptors (Lipinski definition) is 4. The van der Waals surface area contributed by atoms with Crippen molar-refractivity contribution in [1.82, 2.24) is 15.6 Å². The molecule has 4 nitrogen and oxygen atoms in total. The van der Waals surface area contributed by atoms with Crippen LogP contribution in [0, 0.1) is 5.41 Å². The minimum atomic E-state index is 0.303. The van der Waals surface area contributed by atoms with E-state index in [0.717, 1.165) is 30.6 Å². The largest absolute Gasteiger partial charge is 0.443 e. The van der Waals surface area contributed by atoms with Gasteiger partial charge in [-0.05, 0) is 43.5 Å². The summed E-state index contributed by atoms with van der Waals surface area (Å²) in [7, 11) is 2.01. The molecular weight excluding hydrogens is 274 g/mol. The average molecular weight is 305 g/mol. The molecule has 0 fully saturated rings. The van der Waals surface area contributed by atoms with Gasteiger partial charge in [-0.15, -0.1) is 0 Å². The Morgan fingerprint density at radius 3 is 2.68 bits per heavy atom. The van der Waals surface area contributed by atoms with Gasteiger partial charge in [-0.25, -0.2) is 4.98 Å². The van der Waals surface area contributed by atoms with Gasteiger partial charge >= 0.3 is 0 Å². The third-order valence-electron chi connectivity index (χ3n) is 3.56. The van der Waals surface area contributed by atoms with E-state index in [0.29, 0.717) is 11.5 Å². The van der Waals surface area contributed by atoms with Gasteiger partial charge in [-0.1, -0.05) is 33.8 Å². The molecule has 0 spiro atoms. The van der Waals surface area contributed by atoms with Crippen molar-refractivity contribution in [2.24, 2.45) is 5.41 Å². The molecule has 0 aliphatic heterocycles. The number of nitrogens with zero attached hydrogens (tertiary/aromatic N) is 1. The highest BCUT2D eigenvalue weighted by Crippen LogP contribution is 2.21. The zero-order chi connectivity index (χ0) is 16.6. The van der Waals surface area contributed by atoms with Gasteiger partial charge in [0, 0.05) is 19.1 Å². The zero-order valence-corrected chi connectivity index (χ0v) is 14.9. The molecule has 0 radical (unpaired) electrons. The van der Waals surface area contributed by atoms with Crippen LogP contribution < -0.4 is 10.6 Å². The van der Waals surface area contributed by atoms with Crippen LogP contribution in [-0.2, 0) is 6.54 Å². The molecule has 0 bridgehead atoms. The predicted molar refractivity (Wildman–Crippen MR) is 94.0 cm³/mol. The van der Waals surface area contributed by atoms with Crippen molar-refractivity contribution < 1.29 is 4.42 Å². The first-order valence-corrected chi connectivity index (χ1v) is 8.20. The van der Waals surface area contributed by atoms with Crippen LogP contribution in [0.25, 0.3) is 11.1 Å². The van der Waals surface area contributed by atoms with Gasteiger partial charge in [0.25, 0.3) is 0 Å². The van der Waals surface area contributed by atoms with E-state index in [9.17, 15) is 0 Å². The van der Waals surface area contributed by atoms with Gasteiger partial charge in [0.15, 0.2) is 12.0 Å². The molecule has 0 saturated heterocycles. The maximum Gasteiger partial charge on any atom is 0.181 e. The lowest BCUT2D eigenvalue weighted by molar-refractivity contribution is 0.281. The SMILES string of the molecule is CC.CNCC(C)(C)CC(C)NCc1ccc2ocnc2c1. The molecular formula is C18H31N3O. The third-order valence-corrected chi connectivity index (χ3v) is 3.56. The molecule has 1 unspecified atom stereocenters. The van der Waals surface area contributed by atoms with Crippen LogP contribution in [0.15, 0.2) is 29.0 Å². The lowest BCUT2D eigenvalue weighted by atomic mass is 9.86. The molecule has 2 rings (SSSR count). The van der Waals surface area contributed by atoms with E-state index >= 15 is 0 Å². The summed E-state index contributed by atoms with van der Waals surface area (Å²) in [4.78, 5) is 4.19. The van der Waals surface area contributed by atoms with Crippen molar-refractivity contribution in [1.29, 1.82) is 0 Å². The molecule has 1 heterocycles. The summed E-state index contributed by atoms with van der Waals surface area (Å²) in [6.07, 6.45) is 2.63. The monoisotopic (exact) mass is 305 g/mol. The Balaban J connectivity index is 0.00000116. The number of benzene rings is 1. The molecule has 1 aromatic carbocycles. The quantitative estimate of drug-likeness (QED) is 0.812. The Labute approximate surface area is 134 Å². The molecule has 2 aromatic rings. The highest BCUT2D eigenvalue weighted by molar-refractivity contribution is 5.72. The molecule has 2 N–H and O–H groups in total. The van der Waals surface area contributed by atoms with Crippen LogP contribution in [-0.4, -0.2) is 24.6 Å². The van der Waals surface area contributed by atoms with Gasteiger partial charge in [-0.2, -0.15) is 0 Å². The maximum absolute atomic E-state index is 5.25. The maximum atomic E-state index is 5.25. The molecule has 1 atom stereocenters. The summed E-state index contributed by atoms with van der Waals surface area (Å²) in [6, 6.07) is 6.63. The van der Waals surface area contributed by atoms with Crippen LogP contribution >= 0.6 is 0 Å². The zero-order valence-electron chi connectivity index (χ0n) is 14.9. The predicted octanol–water partition coefficient (Wildman–Crippen LogP) is 3.97. The van der Waals surface area contributed by atoms with Crippen LogP contribution in [0.3, 0.4) is 0 Å². The second kappa shape index (κ2) is 8.91. The average Bonchev–Trinajstić information content (AvgIpc) is 2.94. The van der Waals surface area contributed by atoms with E-state index in [4.69, 9.17) is 4.42 Å². The molecule has 4 heteroatoms. The van der Waals surface area contributed by atoms with E-state index in [1.807, 2.05) is 27.0 Å². The summed E-state index contributed by atoms with van der Waals surface area (Å²) < 4.78 is 5.25. The van der Waals surface area contributed by atoms with Crippen molar-refractivity contribution in [3.63, 3.8) is 0 Å². The van der Waals surface area contributed by atoms with E-state index < -0.39 is 0 Å². The third kappa shape index (κ3) is 5.78. The summed E-state index contributed by atoms with van der Waals surface area (Å²) in [5.41, 5.74) is 3.31. The second-order valence-electron chi connectivity index (χ2n) is 6.34. The molecule has 0 saturated carbocycles. The molecule has 0 aliphatic rings. The number of nitrogens with one attached hydrogen (secondary N) is 2. The lowest BCUT2D eigenvalue weighted by Gasteiger charge is -2.28. The molecule has 1 aromatic heterocycles. The Morgan fingerprint density at radius 2 is 2.00 bits per heavy atom.